The van der Waals surface area contributed by atoms with Gasteiger partial charge in [0.25, 0.3) is 0 Å². The fraction of sp³-hybridized carbons (Fsp3) is 0.632. The molecule has 1 saturated heterocycles. The van der Waals surface area contributed by atoms with Crippen LogP contribution in [-0.4, -0.2) is 37.8 Å². The monoisotopic (exact) mass is 381 g/mol. The summed E-state index contributed by atoms with van der Waals surface area (Å²) in [4.78, 5) is 14.9. The zero-order valence-electron chi connectivity index (χ0n) is 15.4. The van der Waals surface area contributed by atoms with Crippen LogP contribution in [0.2, 0.25) is 0 Å². The summed E-state index contributed by atoms with van der Waals surface area (Å²) in [5, 5.41) is 10.6. The van der Waals surface area contributed by atoms with Crippen molar-refractivity contribution in [2.45, 2.75) is 57.5 Å². The van der Waals surface area contributed by atoms with Crippen molar-refractivity contribution in [3.63, 3.8) is 0 Å². The summed E-state index contributed by atoms with van der Waals surface area (Å²) in [7, 11) is -3.56. The summed E-state index contributed by atoms with van der Waals surface area (Å²) in [5.74, 6) is 0.354. The van der Waals surface area contributed by atoms with Gasteiger partial charge in [-0.05, 0) is 62.8 Å². The lowest BCUT2D eigenvalue weighted by Gasteiger charge is -2.41. The minimum atomic E-state index is -3.56. The van der Waals surface area contributed by atoms with E-state index in [2.05, 4.69) is 6.92 Å². The van der Waals surface area contributed by atoms with Crippen molar-refractivity contribution in [2.24, 2.45) is 5.41 Å². The molecule has 6 nitrogen and oxygen atoms in total. The van der Waals surface area contributed by atoms with Crippen LogP contribution in [0.15, 0.2) is 24.3 Å². The maximum absolute atomic E-state index is 13.1. The Labute approximate surface area is 155 Å². The second-order valence-electron chi connectivity index (χ2n) is 7.74. The van der Waals surface area contributed by atoms with Crippen molar-refractivity contribution >= 4 is 21.7 Å². The summed E-state index contributed by atoms with van der Waals surface area (Å²) in [5.41, 5.74) is -0.220. The summed E-state index contributed by atoms with van der Waals surface area (Å²) < 4.78 is 27.2. The van der Waals surface area contributed by atoms with Crippen LogP contribution in [0.25, 0.3) is 0 Å². The first-order valence-electron chi connectivity index (χ1n) is 9.20. The Bertz CT molecular complexity index is 764. The maximum Gasteiger partial charge on any atom is 0.306 e. The molecule has 1 aromatic rings. The SMILES string of the molecule is CCC[C@]1(O)CC[C@]2(CCN(c3ccc(OS(C)(=O)=O)cc3)C2=O)CC1. The first-order valence-corrected chi connectivity index (χ1v) is 11.0. The van der Waals surface area contributed by atoms with E-state index in [4.69, 9.17) is 4.18 Å². The molecule has 0 radical (unpaired) electrons. The number of anilines is 1. The number of nitrogens with zero attached hydrogens (tertiary/aromatic N) is 1. The zero-order valence-corrected chi connectivity index (χ0v) is 16.2. The number of amides is 1. The standard InChI is InChI=1S/C19H27NO5S/c1-3-8-19(22)11-9-18(10-12-19)13-14-20(17(18)21)15-4-6-16(7-5-15)25-26(2,23)24/h4-7,22H,3,8-14H2,1-2H3/t18-,19+. The van der Waals surface area contributed by atoms with Gasteiger partial charge in [0, 0.05) is 12.2 Å². The lowest BCUT2D eigenvalue weighted by atomic mass is 9.67. The second-order valence-corrected chi connectivity index (χ2v) is 9.32. The molecular weight excluding hydrogens is 354 g/mol. The van der Waals surface area contributed by atoms with E-state index in [1.807, 2.05) is 0 Å². The number of hydrogen-bond donors (Lipinski definition) is 1. The van der Waals surface area contributed by atoms with E-state index in [1.54, 1.807) is 29.2 Å². The Morgan fingerprint density at radius 1 is 1.12 bits per heavy atom. The van der Waals surface area contributed by atoms with E-state index >= 15 is 0 Å². The highest BCUT2D eigenvalue weighted by atomic mass is 32.2. The minimum absolute atomic E-state index is 0.118. The average molecular weight is 381 g/mol. The van der Waals surface area contributed by atoms with Crippen LogP contribution in [-0.2, 0) is 14.9 Å². The molecule has 0 unspecified atom stereocenters. The molecule has 1 saturated carbocycles. The van der Waals surface area contributed by atoms with E-state index in [-0.39, 0.29) is 17.1 Å². The van der Waals surface area contributed by atoms with E-state index in [0.29, 0.717) is 19.4 Å². The van der Waals surface area contributed by atoms with Gasteiger partial charge in [-0.25, -0.2) is 0 Å². The average Bonchev–Trinajstić information content (AvgIpc) is 2.88. The molecule has 0 atom stereocenters. The fourth-order valence-electron chi connectivity index (χ4n) is 4.30. The highest BCUT2D eigenvalue weighted by Crippen LogP contribution is 2.49. The molecule has 1 aliphatic heterocycles. The van der Waals surface area contributed by atoms with Gasteiger partial charge in [-0.3, -0.25) is 4.79 Å². The van der Waals surface area contributed by atoms with Gasteiger partial charge in [0.05, 0.1) is 17.3 Å². The normalized spacial score (nSPS) is 29.3. The van der Waals surface area contributed by atoms with E-state index < -0.39 is 15.7 Å². The Balaban J connectivity index is 1.70. The van der Waals surface area contributed by atoms with E-state index in [9.17, 15) is 18.3 Å². The lowest BCUT2D eigenvalue weighted by Crippen LogP contribution is -2.43. The van der Waals surface area contributed by atoms with Crippen LogP contribution in [0.3, 0.4) is 0 Å². The number of rotatable bonds is 5. The number of benzene rings is 1. The Hall–Kier alpha value is -1.60. The van der Waals surface area contributed by atoms with Crippen molar-refractivity contribution in [2.75, 3.05) is 17.7 Å². The van der Waals surface area contributed by atoms with Gasteiger partial charge >= 0.3 is 10.1 Å². The fourth-order valence-corrected chi connectivity index (χ4v) is 4.76. The molecule has 0 aromatic heterocycles. The molecule has 26 heavy (non-hydrogen) atoms. The van der Waals surface area contributed by atoms with Crippen molar-refractivity contribution < 1.29 is 22.5 Å². The first-order chi connectivity index (χ1) is 12.2. The van der Waals surface area contributed by atoms with Crippen molar-refractivity contribution in [1.29, 1.82) is 0 Å². The molecule has 1 aromatic carbocycles. The molecule has 7 heteroatoms. The molecule has 1 N–H and O–H groups in total. The van der Waals surface area contributed by atoms with Gasteiger partial charge in [-0.2, -0.15) is 8.42 Å². The number of carbonyl (C=O) groups excluding carboxylic acids is 1. The largest absolute Gasteiger partial charge is 0.390 e. The maximum atomic E-state index is 13.1. The van der Waals surface area contributed by atoms with Gasteiger partial charge in [0.1, 0.15) is 5.75 Å². The summed E-state index contributed by atoms with van der Waals surface area (Å²) in [6.45, 7) is 2.72. The molecule has 2 aliphatic rings. The van der Waals surface area contributed by atoms with Crippen LogP contribution >= 0.6 is 0 Å². The summed E-state index contributed by atoms with van der Waals surface area (Å²) in [6, 6.07) is 6.56. The summed E-state index contributed by atoms with van der Waals surface area (Å²) >= 11 is 0. The third kappa shape index (κ3) is 3.88. The van der Waals surface area contributed by atoms with Crippen LogP contribution in [0.5, 0.6) is 5.75 Å². The summed E-state index contributed by atoms with van der Waals surface area (Å²) in [6.07, 6.45) is 6.37. The molecule has 3 rings (SSSR count). The molecule has 1 aliphatic carbocycles. The van der Waals surface area contributed by atoms with Gasteiger partial charge in [-0.1, -0.05) is 13.3 Å². The third-order valence-corrected chi connectivity index (χ3v) is 6.26. The number of hydrogen-bond acceptors (Lipinski definition) is 5. The zero-order chi connectivity index (χ0) is 19.0. The van der Waals surface area contributed by atoms with Gasteiger partial charge in [-0.15, -0.1) is 0 Å². The third-order valence-electron chi connectivity index (χ3n) is 5.76. The molecular formula is C19H27NO5S. The van der Waals surface area contributed by atoms with Crippen LogP contribution in [0, 0.1) is 5.41 Å². The van der Waals surface area contributed by atoms with Crippen molar-refractivity contribution in [3.8, 4) is 5.75 Å². The molecule has 0 bridgehead atoms. The van der Waals surface area contributed by atoms with Crippen molar-refractivity contribution in [3.05, 3.63) is 24.3 Å². The predicted octanol–water partition coefficient (Wildman–Crippen LogP) is 2.85. The molecule has 1 amide bonds. The molecule has 1 spiro atoms. The molecule has 144 valence electrons. The first kappa shape index (κ1) is 19.2. The Morgan fingerprint density at radius 2 is 1.73 bits per heavy atom. The Kier molecular flexibility index (Phi) is 5.05. The topological polar surface area (TPSA) is 83.9 Å². The lowest BCUT2D eigenvalue weighted by molar-refractivity contribution is -0.130. The van der Waals surface area contributed by atoms with Gasteiger partial charge in [0.15, 0.2) is 0 Å². The highest BCUT2D eigenvalue weighted by molar-refractivity contribution is 7.86. The van der Waals surface area contributed by atoms with Crippen LogP contribution in [0.4, 0.5) is 5.69 Å². The number of carbonyl (C=O) groups is 1. The molecule has 2 fully saturated rings. The quantitative estimate of drug-likeness (QED) is 0.793. The van der Waals surface area contributed by atoms with Crippen LogP contribution in [0.1, 0.15) is 51.9 Å². The minimum Gasteiger partial charge on any atom is -0.390 e. The van der Waals surface area contributed by atoms with E-state index in [0.717, 1.165) is 44.0 Å². The van der Waals surface area contributed by atoms with Gasteiger partial charge in [0.2, 0.25) is 5.91 Å². The molecule has 1 heterocycles. The highest BCUT2D eigenvalue weighted by Gasteiger charge is 2.51. The second kappa shape index (κ2) is 6.85. The Morgan fingerprint density at radius 3 is 2.27 bits per heavy atom. The predicted molar refractivity (Wildman–Crippen MR) is 99.6 cm³/mol. The number of aliphatic hydroxyl groups is 1. The van der Waals surface area contributed by atoms with E-state index in [1.165, 1.54) is 0 Å². The van der Waals surface area contributed by atoms with Crippen LogP contribution < -0.4 is 9.08 Å². The van der Waals surface area contributed by atoms with Gasteiger partial charge < -0.3 is 14.2 Å². The van der Waals surface area contributed by atoms with Crippen molar-refractivity contribution in [1.82, 2.24) is 0 Å². The smallest absolute Gasteiger partial charge is 0.306 e.